The average molecular weight is 433 g/mol. The van der Waals surface area contributed by atoms with Crippen LogP contribution >= 0.6 is 0 Å². The SMILES string of the molecule is C=C(c1ccc(OC)cc1)C1CN=C(c2ccccc2)N1S(=O)(=O)c1ccc(C)cc1. The highest BCUT2D eigenvalue weighted by Gasteiger charge is 2.40. The van der Waals surface area contributed by atoms with Gasteiger partial charge in [-0.15, -0.1) is 0 Å². The van der Waals surface area contributed by atoms with E-state index in [1.165, 1.54) is 4.31 Å². The zero-order valence-corrected chi connectivity index (χ0v) is 18.3. The maximum absolute atomic E-state index is 13.8. The van der Waals surface area contributed by atoms with Gasteiger partial charge in [0.05, 0.1) is 24.6 Å². The van der Waals surface area contributed by atoms with Crippen molar-refractivity contribution in [1.82, 2.24) is 4.31 Å². The molecule has 0 spiro atoms. The van der Waals surface area contributed by atoms with E-state index in [4.69, 9.17) is 4.74 Å². The Kier molecular flexibility index (Phi) is 5.65. The van der Waals surface area contributed by atoms with Crippen molar-refractivity contribution in [2.45, 2.75) is 17.9 Å². The lowest BCUT2D eigenvalue weighted by molar-refractivity contribution is 0.414. The molecule has 1 aliphatic heterocycles. The first-order valence-corrected chi connectivity index (χ1v) is 11.4. The molecule has 0 saturated heterocycles. The van der Waals surface area contributed by atoms with Crippen molar-refractivity contribution in [2.24, 2.45) is 4.99 Å². The number of amidine groups is 1. The fraction of sp³-hybridized carbons (Fsp3) is 0.160. The molecule has 5 nitrogen and oxygen atoms in total. The van der Waals surface area contributed by atoms with Gasteiger partial charge in [-0.3, -0.25) is 4.99 Å². The van der Waals surface area contributed by atoms with E-state index in [1.807, 2.05) is 61.5 Å². The summed E-state index contributed by atoms with van der Waals surface area (Å²) >= 11 is 0. The molecule has 0 aliphatic carbocycles. The number of hydrogen-bond donors (Lipinski definition) is 0. The maximum Gasteiger partial charge on any atom is 0.266 e. The first-order chi connectivity index (χ1) is 14.9. The highest BCUT2D eigenvalue weighted by atomic mass is 32.2. The summed E-state index contributed by atoms with van der Waals surface area (Å²) in [6, 6.07) is 23.2. The third kappa shape index (κ3) is 3.99. The van der Waals surface area contributed by atoms with E-state index in [1.54, 1.807) is 31.4 Å². The number of aliphatic imine (C=N–C) groups is 1. The molecule has 6 heteroatoms. The molecular formula is C25H24N2O3S. The van der Waals surface area contributed by atoms with Crippen LogP contribution in [-0.2, 0) is 10.0 Å². The second kappa shape index (κ2) is 8.40. The Morgan fingerprint density at radius 3 is 2.26 bits per heavy atom. The summed E-state index contributed by atoms with van der Waals surface area (Å²) in [7, 11) is -2.24. The monoisotopic (exact) mass is 432 g/mol. The molecule has 1 aliphatic rings. The van der Waals surface area contributed by atoms with Crippen LogP contribution in [0.1, 0.15) is 16.7 Å². The molecule has 1 atom stereocenters. The molecule has 3 aromatic carbocycles. The Morgan fingerprint density at radius 1 is 1.00 bits per heavy atom. The van der Waals surface area contributed by atoms with Crippen molar-refractivity contribution < 1.29 is 13.2 Å². The summed E-state index contributed by atoms with van der Waals surface area (Å²) in [5, 5.41) is 0. The molecule has 31 heavy (non-hydrogen) atoms. The lowest BCUT2D eigenvalue weighted by Crippen LogP contribution is -2.42. The van der Waals surface area contributed by atoms with Crippen LogP contribution in [0.4, 0.5) is 0 Å². The zero-order chi connectivity index (χ0) is 22.0. The molecule has 1 heterocycles. The van der Waals surface area contributed by atoms with Crippen molar-refractivity contribution in [3.63, 3.8) is 0 Å². The summed E-state index contributed by atoms with van der Waals surface area (Å²) < 4.78 is 34.2. The fourth-order valence-electron chi connectivity index (χ4n) is 3.62. The third-order valence-electron chi connectivity index (χ3n) is 5.38. The molecule has 0 aromatic heterocycles. The number of aryl methyl sites for hydroxylation is 1. The van der Waals surface area contributed by atoms with E-state index in [0.717, 1.165) is 22.4 Å². The van der Waals surface area contributed by atoms with E-state index < -0.39 is 16.1 Å². The van der Waals surface area contributed by atoms with Gasteiger partial charge in [0.25, 0.3) is 10.0 Å². The number of hydrogen-bond acceptors (Lipinski definition) is 4. The molecule has 3 aromatic rings. The molecule has 0 saturated carbocycles. The summed E-state index contributed by atoms with van der Waals surface area (Å²) in [4.78, 5) is 4.87. The Morgan fingerprint density at radius 2 is 1.65 bits per heavy atom. The second-order valence-electron chi connectivity index (χ2n) is 7.41. The van der Waals surface area contributed by atoms with Crippen LogP contribution in [0.2, 0.25) is 0 Å². The van der Waals surface area contributed by atoms with Gasteiger partial charge >= 0.3 is 0 Å². The van der Waals surface area contributed by atoms with Gasteiger partial charge < -0.3 is 4.74 Å². The number of sulfonamides is 1. The number of ether oxygens (including phenoxy) is 1. The van der Waals surface area contributed by atoms with E-state index >= 15 is 0 Å². The fourth-order valence-corrected chi connectivity index (χ4v) is 5.25. The van der Waals surface area contributed by atoms with Gasteiger partial charge in [-0.1, -0.05) is 66.7 Å². The van der Waals surface area contributed by atoms with Crippen molar-refractivity contribution in [2.75, 3.05) is 13.7 Å². The number of rotatable bonds is 6. The molecule has 0 bridgehead atoms. The van der Waals surface area contributed by atoms with Crippen molar-refractivity contribution in [1.29, 1.82) is 0 Å². The van der Waals surface area contributed by atoms with Crippen molar-refractivity contribution in [3.05, 3.63) is 102 Å². The van der Waals surface area contributed by atoms with E-state index in [0.29, 0.717) is 18.0 Å². The Balaban J connectivity index is 1.78. The van der Waals surface area contributed by atoms with Gasteiger partial charge in [-0.25, -0.2) is 12.7 Å². The van der Waals surface area contributed by atoms with Crippen LogP contribution in [0.5, 0.6) is 5.75 Å². The number of methoxy groups -OCH3 is 1. The van der Waals surface area contributed by atoms with E-state index in [2.05, 4.69) is 11.6 Å². The Bertz CT molecular complexity index is 1220. The smallest absolute Gasteiger partial charge is 0.266 e. The Labute approximate surface area is 183 Å². The molecular weight excluding hydrogens is 408 g/mol. The normalized spacial score (nSPS) is 16.1. The average Bonchev–Trinajstić information content (AvgIpc) is 3.26. The lowest BCUT2D eigenvalue weighted by Gasteiger charge is -2.29. The third-order valence-corrected chi connectivity index (χ3v) is 7.19. The van der Waals surface area contributed by atoms with Gasteiger partial charge in [0.15, 0.2) is 0 Å². The van der Waals surface area contributed by atoms with Crippen LogP contribution in [0.25, 0.3) is 5.57 Å². The standard InChI is InChI=1S/C25H24N2O3S/c1-18-9-15-23(16-10-18)31(28,29)27-24(17-26-25(27)21-7-5-4-6-8-21)19(2)20-11-13-22(30-3)14-12-20/h4-16,24H,2,17H2,1,3H3. The summed E-state index contributed by atoms with van der Waals surface area (Å²) in [5.74, 6) is 1.16. The minimum Gasteiger partial charge on any atom is -0.497 e. The summed E-state index contributed by atoms with van der Waals surface area (Å²) in [5.41, 5.74) is 3.28. The Hall–Kier alpha value is -3.38. The minimum atomic E-state index is -3.85. The van der Waals surface area contributed by atoms with Crippen LogP contribution < -0.4 is 4.74 Å². The maximum atomic E-state index is 13.8. The van der Waals surface area contributed by atoms with Crippen LogP contribution in [-0.4, -0.2) is 38.3 Å². The lowest BCUT2D eigenvalue weighted by atomic mass is 10.0. The molecule has 158 valence electrons. The number of nitrogens with zero attached hydrogens (tertiary/aromatic N) is 2. The van der Waals surface area contributed by atoms with Crippen molar-refractivity contribution >= 4 is 21.4 Å². The molecule has 1 unspecified atom stereocenters. The predicted octanol–water partition coefficient (Wildman–Crippen LogP) is 4.54. The molecule has 0 radical (unpaired) electrons. The quantitative estimate of drug-likeness (QED) is 0.575. The first-order valence-electron chi connectivity index (χ1n) is 9.96. The van der Waals surface area contributed by atoms with Gasteiger partial charge in [0.2, 0.25) is 0 Å². The first kappa shape index (κ1) is 20.9. The van der Waals surface area contributed by atoms with Crippen molar-refractivity contribution in [3.8, 4) is 5.75 Å². The predicted molar refractivity (Wildman–Crippen MR) is 124 cm³/mol. The number of benzene rings is 3. The molecule has 0 fully saturated rings. The van der Waals surface area contributed by atoms with Crippen LogP contribution in [0, 0.1) is 6.92 Å². The molecule has 0 N–H and O–H groups in total. The molecule has 0 amide bonds. The highest BCUT2D eigenvalue weighted by molar-refractivity contribution is 7.89. The second-order valence-corrected chi connectivity index (χ2v) is 9.23. The summed E-state index contributed by atoms with van der Waals surface area (Å²) in [6.07, 6.45) is 0. The van der Waals surface area contributed by atoms with Gasteiger partial charge in [0, 0.05) is 5.56 Å². The highest BCUT2D eigenvalue weighted by Crippen LogP contribution is 2.33. The largest absolute Gasteiger partial charge is 0.497 e. The van der Waals surface area contributed by atoms with Crippen LogP contribution in [0.3, 0.4) is 0 Å². The van der Waals surface area contributed by atoms with Gasteiger partial charge in [0.1, 0.15) is 11.6 Å². The zero-order valence-electron chi connectivity index (χ0n) is 17.5. The summed E-state index contributed by atoms with van der Waals surface area (Å²) in [6.45, 7) is 6.48. The minimum absolute atomic E-state index is 0.233. The van der Waals surface area contributed by atoms with Gasteiger partial charge in [-0.05, 0) is 42.3 Å². The topological polar surface area (TPSA) is 59.0 Å². The molecule has 4 rings (SSSR count). The van der Waals surface area contributed by atoms with E-state index in [-0.39, 0.29) is 4.90 Å². The van der Waals surface area contributed by atoms with E-state index in [9.17, 15) is 8.42 Å². The van der Waals surface area contributed by atoms with Gasteiger partial charge in [-0.2, -0.15) is 0 Å². The van der Waals surface area contributed by atoms with Crippen LogP contribution in [0.15, 0.2) is 95.3 Å².